The SMILES string of the molecule is CC(C)(CNc1ccc(-c2cccc(C(=O)N3CCOCC3)c2)nn1)c1ccc(F)cc1. The zero-order valence-electron chi connectivity index (χ0n) is 18.3. The lowest BCUT2D eigenvalue weighted by Gasteiger charge is -2.27. The molecular formula is C25H27FN4O2. The number of nitrogens with zero attached hydrogens (tertiary/aromatic N) is 3. The van der Waals surface area contributed by atoms with Gasteiger partial charge in [0.25, 0.3) is 5.91 Å². The quantitative estimate of drug-likeness (QED) is 0.632. The molecule has 1 amide bonds. The number of morpholine rings is 1. The smallest absolute Gasteiger partial charge is 0.254 e. The van der Waals surface area contributed by atoms with Gasteiger partial charge in [0.1, 0.15) is 11.6 Å². The van der Waals surface area contributed by atoms with Crippen LogP contribution in [-0.2, 0) is 10.2 Å². The normalized spacial score (nSPS) is 14.3. The van der Waals surface area contributed by atoms with E-state index in [1.807, 2.05) is 41.3 Å². The fraction of sp³-hybridized carbons (Fsp3) is 0.320. The molecule has 6 nitrogen and oxygen atoms in total. The van der Waals surface area contributed by atoms with Crippen molar-refractivity contribution in [3.8, 4) is 11.3 Å². The van der Waals surface area contributed by atoms with Gasteiger partial charge in [-0.3, -0.25) is 4.79 Å². The van der Waals surface area contributed by atoms with Crippen LogP contribution in [0.5, 0.6) is 0 Å². The van der Waals surface area contributed by atoms with Gasteiger partial charge in [-0.15, -0.1) is 10.2 Å². The van der Waals surface area contributed by atoms with Gasteiger partial charge in [-0.1, -0.05) is 38.1 Å². The third kappa shape index (κ3) is 5.11. The number of hydrogen-bond donors (Lipinski definition) is 1. The zero-order valence-corrected chi connectivity index (χ0v) is 18.3. The van der Waals surface area contributed by atoms with Gasteiger partial charge < -0.3 is 15.0 Å². The van der Waals surface area contributed by atoms with E-state index < -0.39 is 0 Å². The second-order valence-electron chi connectivity index (χ2n) is 8.53. The number of carbonyl (C=O) groups is 1. The summed E-state index contributed by atoms with van der Waals surface area (Å²) in [6, 6.07) is 17.8. The molecule has 166 valence electrons. The average Bonchev–Trinajstić information content (AvgIpc) is 2.83. The summed E-state index contributed by atoms with van der Waals surface area (Å²) in [5.41, 5.74) is 3.01. The summed E-state index contributed by atoms with van der Waals surface area (Å²) in [6.07, 6.45) is 0. The van der Waals surface area contributed by atoms with E-state index in [0.29, 0.717) is 49.9 Å². The average molecular weight is 435 g/mol. The van der Waals surface area contributed by atoms with Crippen LogP contribution < -0.4 is 5.32 Å². The molecule has 0 bridgehead atoms. The highest BCUT2D eigenvalue weighted by Gasteiger charge is 2.21. The highest BCUT2D eigenvalue weighted by atomic mass is 19.1. The predicted octanol–water partition coefficient (Wildman–Crippen LogP) is 4.14. The number of ether oxygens (including phenoxy) is 1. The summed E-state index contributed by atoms with van der Waals surface area (Å²) in [5.74, 6) is 0.420. The Balaban J connectivity index is 1.42. The first-order chi connectivity index (χ1) is 15.4. The van der Waals surface area contributed by atoms with Crippen molar-refractivity contribution in [3.05, 3.63) is 77.6 Å². The number of amides is 1. The molecule has 1 aliphatic heterocycles. The highest BCUT2D eigenvalue weighted by Crippen LogP contribution is 2.24. The van der Waals surface area contributed by atoms with Crippen molar-refractivity contribution < 1.29 is 13.9 Å². The summed E-state index contributed by atoms with van der Waals surface area (Å²) in [7, 11) is 0. The molecule has 0 atom stereocenters. The minimum atomic E-state index is -0.241. The van der Waals surface area contributed by atoms with Crippen LogP contribution in [0.3, 0.4) is 0 Å². The molecule has 1 fully saturated rings. The van der Waals surface area contributed by atoms with Gasteiger partial charge in [-0.2, -0.15) is 0 Å². The van der Waals surface area contributed by atoms with Gasteiger partial charge in [0.2, 0.25) is 0 Å². The molecule has 1 aliphatic rings. The zero-order chi connectivity index (χ0) is 22.6. The first-order valence-electron chi connectivity index (χ1n) is 10.7. The molecule has 1 N–H and O–H groups in total. The van der Waals surface area contributed by atoms with E-state index in [-0.39, 0.29) is 17.1 Å². The van der Waals surface area contributed by atoms with Crippen LogP contribution in [0.1, 0.15) is 29.8 Å². The van der Waals surface area contributed by atoms with Crippen molar-refractivity contribution in [2.75, 3.05) is 38.2 Å². The van der Waals surface area contributed by atoms with Gasteiger partial charge in [-0.25, -0.2) is 4.39 Å². The number of anilines is 1. The number of carbonyl (C=O) groups excluding carboxylic acids is 1. The molecule has 2 aromatic carbocycles. The molecule has 4 rings (SSSR count). The molecule has 3 aromatic rings. The number of hydrogen-bond acceptors (Lipinski definition) is 5. The Morgan fingerprint density at radius 2 is 1.81 bits per heavy atom. The van der Waals surface area contributed by atoms with E-state index in [1.165, 1.54) is 12.1 Å². The molecular weight excluding hydrogens is 407 g/mol. The molecule has 0 aliphatic carbocycles. The van der Waals surface area contributed by atoms with Crippen molar-refractivity contribution in [1.82, 2.24) is 15.1 Å². The Bertz CT molecular complexity index is 1060. The Morgan fingerprint density at radius 3 is 2.50 bits per heavy atom. The van der Waals surface area contributed by atoms with Gasteiger partial charge in [0.05, 0.1) is 18.9 Å². The lowest BCUT2D eigenvalue weighted by molar-refractivity contribution is 0.0303. The van der Waals surface area contributed by atoms with E-state index >= 15 is 0 Å². The minimum Gasteiger partial charge on any atom is -0.378 e. The number of rotatable bonds is 6. The molecule has 7 heteroatoms. The van der Waals surface area contributed by atoms with Crippen LogP contribution >= 0.6 is 0 Å². The van der Waals surface area contributed by atoms with Crippen LogP contribution in [0.2, 0.25) is 0 Å². The van der Waals surface area contributed by atoms with E-state index in [4.69, 9.17) is 4.74 Å². The molecule has 0 saturated carbocycles. The number of nitrogens with one attached hydrogen (secondary N) is 1. The maximum Gasteiger partial charge on any atom is 0.254 e. The first kappa shape index (κ1) is 21.9. The fourth-order valence-electron chi connectivity index (χ4n) is 3.66. The Kier molecular flexibility index (Phi) is 6.46. The largest absolute Gasteiger partial charge is 0.378 e. The molecule has 0 spiro atoms. The first-order valence-corrected chi connectivity index (χ1v) is 10.7. The number of benzene rings is 2. The highest BCUT2D eigenvalue weighted by molar-refractivity contribution is 5.95. The standard InChI is InChI=1S/C25H27FN4O2/c1-25(2,20-6-8-21(26)9-7-20)17-27-23-11-10-22(28-29-23)18-4-3-5-19(16-18)24(31)30-12-14-32-15-13-30/h3-11,16H,12-15,17H2,1-2H3,(H,27,29). The minimum absolute atomic E-state index is 0.00409. The Hall–Kier alpha value is -3.32. The van der Waals surface area contributed by atoms with Crippen LogP contribution in [-0.4, -0.2) is 53.9 Å². The van der Waals surface area contributed by atoms with E-state index in [0.717, 1.165) is 11.1 Å². The summed E-state index contributed by atoms with van der Waals surface area (Å²) in [6.45, 7) is 7.16. The maximum absolute atomic E-state index is 13.2. The van der Waals surface area contributed by atoms with Gasteiger partial charge in [0, 0.05) is 36.2 Å². The third-order valence-electron chi connectivity index (χ3n) is 5.71. The number of halogens is 1. The van der Waals surface area contributed by atoms with Gasteiger partial charge >= 0.3 is 0 Å². The van der Waals surface area contributed by atoms with Gasteiger partial charge in [-0.05, 0) is 42.0 Å². The van der Waals surface area contributed by atoms with Crippen LogP contribution in [0.4, 0.5) is 10.2 Å². The molecule has 0 unspecified atom stereocenters. The fourth-order valence-corrected chi connectivity index (χ4v) is 3.66. The predicted molar refractivity (Wildman–Crippen MR) is 122 cm³/mol. The number of aromatic nitrogens is 2. The third-order valence-corrected chi connectivity index (χ3v) is 5.71. The van der Waals surface area contributed by atoms with Crippen molar-refractivity contribution in [1.29, 1.82) is 0 Å². The second-order valence-corrected chi connectivity index (χ2v) is 8.53. The van der Waals surface area contributed by atoms with E-state index in [2.05, 4.69) is 29.4 Å². The van der Waals surface area contributed by atoms with Crippen LogP contribution in [0.15, 0.2) is 60.7 Å². The molecule has 0 radical (unpaired) electrons. The second kappa shape index (κ2) is 9.44. The van der Waals surface area contributed by atoms with Crippen molar-refractivity contribution in [3.63, 3.8) is 0 Å². The van der Waals surface area contributed by atoms with Crippen LogP contribution in [0, 0.1) is 5.82 Å². The summed E-state index contributed by atoms with van der Waals surface area (Å²) >= 11 is 0. The van der Waals surface area contributed by atoms with Crippen molar-refractivity contribution >= 4 is 11.7 Å². The summed E-state index contributed by atoms with van der Waals surface area (Å²) < 4.78 is 18.5. The Morgan fingerprint density at radius 1 is 1.06 bits per heavy atom. The Labute approximate surface area is 187 Å². The molecule has 2 heterocycles. The molecule has 32 heavy (non-hydrogen) atoms. The lowest BCUT2D eigenvalue weighted by Crippen LogP contribution is -2.40. The van der Waals surface area contributed by atoms with Crippen LogP contribution in [0.25, 0.3) is 11.3 Å². The van der Waals surface area contributed by atoms with E-state index in [9.17, 15) is 9.18 Å². The lowest BCUT2D eigenvalue weighted by atomic mass is 9.84. The molecule has 1 aromatic heterocycles. The summed E-state index contributed by atoms with van der Waals surface area (Å²) in [5, 5.41) is 11.9. The monoisotopic (exact) mass is 434 g/mol. The van der Waals surface area contributed by atoms with Gasteiger partial charge in [0.15, 0.2) is 0 Å². The summed E-state index contributed by atoms with van der Waals surface area (Å²) in [4.78, 5) is 14.6. The molecule has 1 saturated heterocycles. The van der Waals surface area contributed by atoms with Crippen molar-refractivity contribution in [2.24, 2.45) is 0 Å². The maximum atomic E-state index is 13.2. The topological polar surface area (TPSA) is 67.4 Å². The van der Waals surface area contributed by atoms with E-state index in [1.54, 1.807) is 12.1 Å². The van der Waals surface area contributed by atoms with Crippen molar-refractivity contribution in [2.45, 2.75) is 19.3 Å².